The van der Waals surface area contributed by atoms with E-state index in [2.05, 4.69) is 10.6 Å². The van der Waals surface area contributed by atoms with Crippen molar-refractivity contribution in [3.8, 4) is 0 Å². The number of carbonyl (C=O) groups excluding carboxylic acids is 3. The second-order valence-corrected chi connectivity index (χ2v) is 11.0. The first kappa shape index (κ1) is 33.1. The van der Waals surface area contributed by atoms with E-state index in [0.29, 0.717) is 24.3 Å². The Balaban J connectivity index is 2.64. The van der Waals surface area contributed by atoms with Gasteiger partial charge < -0.3 is 20.1 Å². The highest BCUT2D eigenvalue weighted by Crippen LogP contribution is 2.20. The fourth-order valence-electron chi connectivity index (χ4n) is 3.68. The van der Waals surface area contributed by atoms with Gasteiger partial charge in [0.25, 0.3) is 0 Å². The lowest BCUT2D eigenvalue weighted by Gasteiger charge is -2.29. The van der Waals surface area contributed by atoms with E-state index in [1.165, 1.54) is 12.2 Å². The summed E-state index contributed by atoms with van der Waals surface area (Å²) in [4.78, 5) is 36.8. The maximum Gasteiger partial charge on any atom is 0.330 e. The molecule has 0 radical (unpaired) electrons. The van der Waals surface area contributed by atoms with Crippen molar-refractivity contribution in [2.75, 3.05) is 7.11 Å². The van der Waals surface area contributed by atoms with Crippen molar-refractivity contribution in [3.63, 3.8) is 0 Å². The minimum absolute atomic E-state index is 0.0446. The lowest BCUT2D eigenvalue weighted by molar-refractivity contribution is -0.145. The van der Waals surface area contributed by atoms with Gasteiger partial charge in [0.15, 0.2) is 0 Å². The minimum atomic E-state index is -0.733. The number of hydrogen-bond donors (Lipinski definition) is 2. The maximum atomic E-state index is 12.8. The van der Waals surface area contributed by atoms with Crippen LogP contribution in [-0.4, -0.2) is 43.1 Å². The average molecular weight is 547 g/mol. The van der Waals surface area contributed by atoms with E-state index in [1.807, 2.05) is 71.9 Å². The number of rotatable bonds is 13. The van der Waals surface area contributed by atoms with Crippen LogP contribution in [0.2, 0.25) is 0 Å². The summed E-state index contributed by atoms with van der Waals surface area (Å²) in [5.41, 5.74) is 0.485. The van der Waals surface area contributed by atoms with E-state index < -0.39 is 11.5 Å². The number of nitrogens with one attached hydrogen (secondary N) is 2. The van der Waals surface area contributed by atoms with Gasteiger partial charge in [-0.05, 0) is 38.3 Å². The predicted octanol–water partition coefficient (Wildman–Crippen LogP) is 5.65. The number of esters is 1. The molecule has 0 aromatic heterocycles. The first-order valence-electron chi connectivity index (χ1n) is 12.8. The molecule has 1 heterocycles. The maximum absolute atomic E-state index is 12.8. The molecule has 0 aliphatic carbocycles. The van der Waals surface area contributed by atoms with Crippen molar-refractivity contribution in [1.82, 2.24) is 10.6 Å². The number of allylic oxidation sites excluding steroid dienone is 5. The zero-order chi connectivity index (χ0) is 28.7. The zero-order valence-electron chi connectivity index (χ0n) is 23.6. The van der Waals surface area contributed by atoms with Gasteiger partial charge in [-0.1, -0.05) is 87.4 Å². The number of ether oxygens (including phenoxy) is 2. The standard InChI is InChI=1S/C30H43ClN2O5/c1-21(20-22(2)25-14-10-16-27(35)38-25)12-8-9-15-26(34)33-28(30(4,5)6)29(36)32-19-11-13-24(37-7)18-17-23(3)31/h8-12,15-17,19-20,22,24-25,28H,13-14,18H2,1-7H3,(H,32,36)(H,33,34). The number of hydrogen-bond acceptors (Lipinski definition) is 5. The van der Waals surface area contributed by atoms with Crippen molar-refractivity contribution in [1.29, 1.82) is 0 Å². The van der Waals surface area contributed by atoms with E-state index in [0.717, 1.165) is 5.57 Å². The Bertz CT molecular complexity index is 981. The molecule has 0 aromatic carbocycles. The summed E-state index contributed by atoms with van der Waals surface area (Å²) >= 11 is 5.87. The van der Waals surface area contributed by atoms with Crippen LogP contribution >= 0.6 is 11.6 Å². The van der Waals surface area contributed by atoms with Gasteiger partial charge in [-0.15, -0.1) is 0 Å². The van der Waals surface area contributed by atoms with Gasteiger partial charge in [-0.25, -0.2) is 4.79 Å². The molecule has 2 N–H and O–H groups in total. The number of halogens is 1. The molecule has 1 rings (SSSR count). The molecule has 0 aromatic rings. The van der Waals surface area contributed by atoms with Gasteiger partial charge in [0, 0.05) is 36.6 Å². The zero-order valence-corrected chi connectivity index (χ0v) is 24.4. The lowest BCUT2D eigenvalue weighted by atomic mass is 9.86. The number of methoxy groups -OCH3 is 1. The van der Waals surface area contributed by atoms with Crippen LogP contribution in [0.3, 0.4) is 0 Å². The smallest absolute Gasteiger partial charge is 0.330 e. The quantitative estimate of drug-likeness (QED) is 0.177. The Kier molecular flexibility index (Phi) is 14.7. The third-order valence-electron chi connectivity index (χ3n) is 5.87. The van der Waals surface area contributed by atoms with Gasteiger partial charge >= 0.3 is 5.97 Å². The van der Waals surface area contributed by atoms with Crippen LogP contribution in [0.4, 0.5) is 0 Å². The van der Waals surface area contributed by atoms with Crippen LogP contribution in [-0.2, 0) is 23.9 Å². The normalized spacial score (nSPS) is 19.6. The van der Waals surface area contributed by atoms with Crippen molar-refractivity contribution in [3.05, 3.63) is 71.5 Å². The van der Waals surface area contributed by atoms with Crippen LogP contribution in [0, 0.1) is 11.3 Å². The SMILES string of the molecule is COC(CC=CNC(=O)C(NC(=O)C=CC=CC(C)=CC(C)C1CC=CC(=O)O1)C(C)(C)C)CC=C(C)Cl. The summed E-state index contributed by atoms with van der Waals surface area (Å²) in [6, 6.07) is -0.733. The van der Waals surface area contributed by atoms with Crippen LogP contribution in [0.15, 0.2) is 71.5 Å². The Hall–Kier alpha value is -2.90. The van der Waals surface area contributed by atoms with E-state index in [4.69, 9.17) is 21.1 Å². The molecule has 38 heavy (non-hydrogen) atoms. The van der Waals surface area contributed by atoms with Crippen LogP contribution in [0.1, 0.15) is 60.8 Å². The Morgan fingerprint density at radius 2 is 1.89 bits per heavy atom. The largest absolute Gasteiger partial charge is 0.458 e. The van der Waals surface area contributed by atoms with Crippen LogP contribution < -0.4 is 10.6 Å². The van der Waals surface area contributed by atoms with E-state index in [1.54, 1.807) is 25.5 Å². The fraction of sp³-hybridized carbons (Fsp3) is 0.500. The van der Waals surface area contributed by atoms with Crippen molar-refractivity contribution >= 4 is 29.4 Å². The summed E-state index contributed by atoms with van der Waals surface area (Å²) in [5, 5.41) is 6.26. The summed E-state index contributed by atoms with van der Waals surface area (Å²) in [5.74, 6) is -0.921. The molecule has 0 saturated carbocycles. The average Bonchev–Trinajstić information content (AvgIpc) is 2.83. The van der Waals surface area contributed by atoms with E-state index in [9.17, 15) is 14.4 Å². The summed E-state index contributed by atoms with van der Waals surface area (Å²) < 4.78 is 10.8. The molecule has 0 bridgehead atoms. The minimum Gasteiger partial charge on any atom is -0.458 e. The third-order valence-corrected chi connectivity index (χ3v) is 6.03. The van der Waals surface area contributed by atoms with Crippen molar-refractivity contribution in [2.45, 2.75) is 79.1 Å². The van der Waals surface area contributed by atoms with Gasteiger partial charge in [-0.3, -0.25) is 9.59 Å². The second kappa shape index (κ2) is 16.8. The van der Waals surface area contributed by atoms with Crippen molar-refractivity contribution < 1.29 is 23.9 Å². The second-order valence-electron chi connectivity index (χ2n) is 10.4. The number of carbonyl (C=O) groups is 3. The monoisotopic (exact) mass is 546 g/mol. The Labute approximate surface area is 232 Å². The molecule has 8 heteroatoms. The summed E-state index contributed by atoms with van der Waals surface area (Å²) in [7, 11) is 1.63. The first-order valence-corrected chi connectivity index (χ1v) is 13.2. The van der Waals surface area contributed by atoms with Crippen molar-refractivity contribution in [2.24, 2.45) is 11.3 Å². The molecule has 0 fully saturated rings. The first-order chi connectivity index (χ1) is 17.8. The fourth-order valence-corrected chi connectivity index (χ4v) is 3.77. The summed E-state index contributed by atoms with van der Waals surface area (Å²) in [6.07, 6.45) is 19.0. The van der Waals surface area contributed by atoms with Crippen LogP contribution in [0.5, 0.6) is 0 Å². The molecule has 1 aliphatic heterocycles. The van der Waals surface area contributed by atoms with Gasteiger partial charge in [0.05, 0.1) is 6.10 Å². The van der Waals surface area contributed by atoms with Crippen LogP contribution in [0.25, 0.3) is 0 Å². The molecule has 4 unspecified atom stereocenters. The number of cyclic esters (lactones) is 1. The molecule has 7 nitrogen and oxygen atoms in total. The highest BCUT2D eigenvalue weighted by atomic mass is 35.5. The lowest BCUT2D eigenvalue weighted by Crippen LogP contribution is -2.52. The summed E-state index contributed by atoms with van der Waals surface area (Å²) in [6.45, 7) is 11.4. The molecule has 0 saturated heterocycles. The van der Waals surface area contributed by atoms with Gasteiger partial charge in [0.1, 0.15) is 12.1 Å². The molecule has 4 atom stereocenters. The Morgan fingerprint density at radius 3 is 2.50 bits per heavy atom. The molecule has 210 valence electrons. The number of amides is 2. The highest BCUT2D eigenvalue weighted by Gasteiger charge is 2.31. The molecular formula is C30H43ClN2O5. The van der Waals surface area contributed by atoms with Gasteiger partial charge in [0.2, 0.25) is 11.8 Å². The Morgan fingerprint density at radius 1 is 1.21 bits per heavy atom. The highest BCUT2D eigenvalue weighted by molar-refractivity contribution is 6.29. The van der Waals surface area contributed by atoms with E-state index >= 15 is 0 Å². The predicted molar refractivity (Wildman–Crippen MR) is 153 cm³/mol. The third kappa shape index (κ3) is 13.6. The topological polar surface area (TPSA) is 93.7 Å². The molecule has 1 aliphatic rings. The molecular weight excluding hydrogens is 504 g/mol. The van der Waals surface area contributed by atoms with Gasteiger partial charge in [-0.2, -0.15) is 0 Å². The molecule has 2 amide bonds. The van der Waals surface area contributed by atoms with E-state index in [-0.39, 0.29) is 35.9 Å². The molecule has 0 spiro atoms.